The number of halogens is 1. The van der Waals surface area contributed by atoms with E-state index in [1.807, 2.05) is 18.2 Å². The number of hydrogen-bond donors (Lipinski definition) is 2. The second kappa shape index (κ2) is 5.50. The van der Waals surface area contributed by atoms with Gasteiger partial charge in [0.05, 0.1) is 5.69 Å². The first-order chi connectivity index (χ1) is 10.0. The first-order valence-electron chi connectivity index (χ1n) is 7.30. The fraction of sp³-hybridized carbons (Fsp3) is 0.438. The van der Waals surface area contributed by atoms with Crippen LogP contribution in [0.15, 0.2) is 18.2 Å². The molecule has 0 aliphatic heterocycles. The summed E-state index contributed by atoms with van der Waals surface area (Å²) in [6, 6.07) is 5.55. The van der Waals surface area contributed by atoms with E-state index >= 15 is 0 Å². The van der Waals surface area contributed by atoms with Gasteiger partial charge in [0.25, 0.3) is 5.91 Å². The maximum absolute atomic E-state index is 12.4. The second-order valence-corrected chi connectivity index (χ2v) is 7.36. The van der Waals surface area contributed by atoms with Crippen LogP contribution in [0.3, 0.4) is 0 Å². The molecule has 5 heteroatoms. The number of amides is 1. The van der Waals surface area contributed by atoms with Crippen LogP contribution >= 0.6 is 22.9 Å². The summed E-state index contributed by atoms with van der Waals surface area (Å²) in [5, 5.41) is 4.57. The molecule has 3 rings (SSSR count). The summed E-state index contributed by atoms with van der Waals surface area (Å²) in [5.41, 5.74) is 6.96. The Morgan fingerprint density at radius 1 is 1.48 bits per heavy atom. The van der Waals surface area contributed by atoms with E-state index in [2.05, 4.69) is 12.2 Å². The van der Waals surface area contributed by atoms with Crippen molar-refractivity contribution in [3.63, 3.8) is 0 Å². The number of carbonyl (C=O) groups excluding carboxylic acids is 1. The van der Waals surface area contributed by atoms with Crippen LogP contribution in [0.5, 0.6) is 0 Å². The first kappa shape index (κ1) is 14.7. The Kier molecular flexibility index (Phi) is 3.84. The van der Waals surface area contributed by atoms with E-state index in [4.69, 9.17) is 17.3 Å². The van der Waals surface area contributed by atoms with Crippen LogP contribution in [0.25, 0.3) is 10.1 Å². The lowest BCUT2D eigenvalue weighted by Gasteiger charge is -2.41. The van der Waals surface area contributed by atoms with E-state index in [0.717, 1.165) is 23.1 Å². The summed E-state index contributed by atoms with van der Waals surface area (Å²) in [6.07, 6.45) is 4.81. The molecular formula is C16H19ClN2OS. The highest BCUT2D eigenvalue weighted by atomic mass is 35.5. The molecule has 2 aromatic rings. The van der Waals surface area contributed by atoms with Crippen molar-refractivity contribution in [1.82, 2.24) is 5.32 Å². The standard InChI is InChI=1S/C16H19ClN2OS/c1-2-16(6-3-7-16)9-19-15(20)14-13(18)11-8-10(17)4-5-12(11)21-14/h4-5,8H,2-3,6-7,9,18H2,1H3,(H,19,20). The molecule has 0 unspecified atom stereocenters. The van der Waals surface area contributed by atoms with Crippen LogP contribution in [-0.2, 0) is 0 Å². The predicted molar refractivity (Wildman–Crippen MR) is 90.2 cm³/mol. The number of nitrogens with two attached hydrogens (primary N) is 1. The van der Waals surface area contributed by atoms with Gasteiger partial charge in [0.15, 0.2) is 0 Å². The maximum atomic E-state index is 12.4. The van der Waals surface area contributed by atoms with Gasteiger partial charge in [0.1, 0.15) is 4.88 Å². The third-order valence-corrected chi connectivity index (χ3v) is 6.10. The molecule has 0 bridgehead atoms. The van der Waals surface area contributed by atoms with Gasteiger partial charge in [0, 0.05) is 21.7 Å². The highest BCUT2D eigenvalue weighted by molar-refractivity contribution is 7.21. The van der Waals surface area contributed by atoms with Gasteiger partial charge < -0.3 is 11.1 Å². The van der Waals surface area contributed by atoms with E-state index in [1.165, 1.54) is 30.6 Å². The molecule has 1 fully saturated rings. The average Bonchev–Trinajstić information content (AvgIpc) is 2.75. The first-order valence-corrected chi connectivity index (χ1v) is 8.50. The number of rotatable bonds is 4. The molecule has 1 aliphatic carbocycles. The molecule has 1 saturated carbocycles. The molecule has 0 radical (unpaired) electrons. The molecular weight excluding hydrogens is 304 g/mol. The van der Waals surface area contributed by atoms with Gasteiger partial charge >= 0.3 is 0 Å². The number of thiophene rings is 1. The average molecular weight is 323 g/mol. The number of hydrogen-bond acceptors (Lipinski definition) is 3. The molecule has 0 saturated heterocycles. The largest absolute Gasteiger partial charge is 0.397 e. The van der Waals surface area contributed by atoms with Crippen molar-refractivity contribution in [2.45, 2.75) is 32.6 Å². The number of nitrogen functional groups attached to an aromatic ring is 1. The number of fused-ring (bicyclic) bond motifs is 1. The van der Waals surface area contributed by atoms with Gasteiger partial charge in [-0.05, 0) is 42.9 Å². The summed E-state index contributed by atoms with van der Waals surface area (Å²) in [6.45, 7) is 2.94. The van der Waals surface area contributed by atoms with Crippen LogP contribution in [0, 0.1) is 5.41 Å². The number of benzene rings is 1. The van der Waals surface area contributed by atoms with E-state index < -0.39 is 0 Å². The fourth-order valence-corrected chi connectivity index (χ4v) is 4.13. The Morgan fingerprint density at radius 3 is 2.86 bits per heavy atom. The molecule has 0 spiro atoms. The highest BCUT2D eigenvalue weighted by Gasteiger charge is 2.35. The molecule has 0 atom stereocenters. The summed E-state index contributed by atoms with van der Waals surface area (Å²) in [7, 11) is 0. The molecule has 1 amide bonds. The summed E-state index contributed by atoms with van der Waals surface area (Å²) < 4.78 is 0.996. The minimum Gasteiger partial charge on any atom is -0.397 e. The highest BCUT2D eigenvalue weighted by Crippen LogP contribution is 2.43. The smallest absolute Gasteiger partial charge is 0.263 e. The Bertz CT molecular complexity index is 685. The van der Waals surface area contributed by atoms with Crippen molar-refractivity contribution >= 4 is 44.6 Å². The minimum absolute atomic E-state index is 0.0652. The van der Waals surface area contributed by atoms with Crippen molar-refractivity contribution in [1.29, 1.82) is 0 Å². The molecule has 3 nitrogen and oxygen atoms in total. The lowest BCUT2D eigenvalue weighted by Crippen LogP contribution is -2.41. The topological polar surface area (TPSA) is 55.1 Å². The molecule has 1 aromatic carbocycles. The van der Waals surface area contributed by atoms with E-state index in [-0.39, 0.29) is 5.91 Å². The number of anilines is 1. The van der Waals surface area contributed by atoms with Crippen LogP contribution in [0.2, 0.25) is 5.02 Å². The maximum Gasteiger partial charge on any atom is 0.263 e. The van der Waals surface area contributed by atoms with Gasteiger partial charge in [-0.2, -0.15) is 0 Å². The van der Waals surface area contributed by atoms with Crippen molar-refractivity contribution in [2.75, 3.05) is 12.3 Å². The van der Waals surface area contributed by atoms with Crippen LogP contribution in [0.1, 0.15) is 42.3 Å². The molecule has 1 aromatic heterocycles. The summed E-state index contributed by atoms with van der Waals surface area (Å²) >= 11 is 7.42. The van der Waals surface area contributed by atoms with Crippen LogP contribution < -0.4 is 11.1 Å². The lowest BCUT2D eigenvalue weighted by atomic mass is 9.67. The monoisotopic (exact) mass is 322 g/mol. The Hall–Kier alpha value is -1.26. The molecule has 1 aliphatic rings. The third kappa shape index (κ3) is 2.62. The van der Waals surface area contributed by atoms with Crippen molar-refractivity contribution in [2.24, 2.45) is 5.41 Å². The van der Waals surface area contributed by atoms with E-state index in [1.54, 1.807) is 0 Å². The minimum atomic E-state index is -0.0652. The molecule has 3 N–H and O–H groups in total. The zero-order valence-corrected chi connectivity index (χ0v) is 13.6. The van der Waals surface area contributed by atoms with Crippen LogP contribution in [-0.4, -0.2) is 12.5 Å². The second-order valence-electron chi connectivity index (χ2n) is 5.88. The van der Waals surface area contributed by atoms with Gasteiger partial charge in [-0.1, -0.05) is 24.9 Å². The molecule has 112 valence electrons. The Morgan fingerprint density at radius 2 is 2.24 bits per heavy atom. The zero-order chi connectivity index (χ0) is 15.0. The van der Waals surface area contributed by atoms with Gasteiger partial charge in [-0.3, -0.25) is 4.79 Å². The van der Waals surface area contributed by atoms with Crippen molar-refractivity contribution in [3.05, 3.63) is 28.1 Å². The fourth-order valence-electron chi connectivity index (χ4n) is 2.94. The number of carbonyl (C=O) groups is 1. The molecule has 1 heterocycles. The Balaban J connectivity index is 1.80. The lowest BCUT2D eigenvalue weighted by molar-refractivity contribution is 0.0854. The quantitative estimate of drug-likeness (QED) is 0.874. The van der Waals surface area contributed by atoms with Crippen molar-refractivity contribution < 1.29 is 4.79 Å². The summed E-state index contributed by atoms with van der Waals surface area (Å²) in [4.78, 5) is 13.0. The Labute approximate surface area is 133 Å². The van der Waals surface area contributed by atoms with Gasteiger partial charge in [0.2, 0.25) is 0 Å². The zero-order valence-electron chi connectivity index (χ0n) is 12.0. The van der Waals surface area contributed by atoms with Gasteiger partial charge in [-0.15, -0.1) is 11.3 Å². The summed E-state index contributed by atoms with van der Waals surface area (Å²) in [5.74, 6) is -0.0652. The van der Waals surface area contributed by atoms with Crippen LogP contribution in [0.4, 0.5) is 5.69 Å². The van der Waals surface area contributed by atoms with E-state index in [9.17, 15) is 4.79 Å². The van der Waals surface area contributed by atoms with Crippen molar-refractivity contribution in [3.8, 4) is 0 Å². The van der Waals surface area contributed by atoms with E-state index in [0.29, 0.717) is 21.0 Å². The third-order valence-electron chi connectivity index (χ3n) is 4.68. The molecule has 21 heavy (non-hydrogen) atoms. The normalized spacial score (nSPS) is 16.7. The SMILES string of the molecule is CCC1(CNC(=O)c2sc3ccc(Cl)cc3c2N)CCC1. The van der Waals surface area contributed by atoms with Gasteiger partial charge in [-0.25, -0.2) is 0 Å². The predicted octanol–water partition coefficient (Wildman–Crippen LogP) is 4.45. The number of nitrogens with one attached hydrogen (secondary N) is 1.